The summed E-state index contributed by atoms with van der Waals surface area (Å²) in [5.74, 6) is 5.85. The van der Waals surface area contributed by atoms with Crippen LogP contribution in [0.3, 0.4) is 0 Å². The molecule has 0 heterocycles. The van der Waals surface area contributed by atoms with E-state index in [9.17, 15) is 0 Å². The fourth-order valence-corrected chi connectivity index (χ4v) is 0.891. The SMILES string of the molecule is CCNC(=NCCOCCN(C)C)NN. The molecule has 0 aromatic rings. The second kappa shape index (κ2) is 9.70. The monoisotopic (exact) mass is 217 g/mol. The van der Waals surface area contributed by atoms with E-state index in [1.165, 1.54) is 0 Å². The fourth-order valence-electron chi connectivity index (χ4n) is 0.891. The average molecular weight is 217 g/mol. The highest BCUT2D eigenvalue weighted by atomic mass is 16.5. The van der Waals surface area contributed by atoms with Crippen LogP contribution in [0.15, 0.2) is 4.99 Å². The van der Waals surface area contributed by atoms with Gasteiger partial charge in [-0.25, -0.2) is 10.8 Å². The Hall–Kier alpha value is -0.850. The molecule has 4 N–H and O–H groups in total. The molecule has 0 fully saturated rings. The molecule has 0 aromatic carbocycles. The molecule has 0 radical (unpaired) electrons. The van der Waals surface area contributed by atoms with Gasteiger partial charge in [0.05, 0.1) is 19.8 Å². The summed E-state index contributed by atoms with van der Waals surface area (Å²) in [6.45, 7) is 5.67. The fraction of sp³-hybridized carbons (Fsp3) is 0.889. The maximum Gasteiger partial charge on any atom is 0.205 e. The van der Waals surface area contributed by atoms with E-state index in [0.29, 0.717) is 19.1 Å². The van der Waals surface area contributed by atoms with Gasteiger partial charge >= 0.3 is 0 Å². The Bertz CT molecular complexity index is 172. The molecule has 0 rings (SSSR count). The highest BCUT2D eigenvalue weighted by molar-refractivity contribution is 5.78. The van der Waals surface area contributed by atoms with Crippen LogP contribution in [0.2, 0.25) is 0 Å². The smallest absolute Gasteiger partial charge is 0.205 e. The van der Waals surface area contributed by atoms with Crippen molar-refractivity contribution in [1.29, 1.82) is 0 Å². The molecule has 0 aliphatic carbocycles. The highest BCUT2D eigenvalue weighted by Crippen LogP contribution is 1.80. The van der Waals surface area contributed by atoms with E-state index in [4.69, 9.17) is 10.6 Å². The van der Waals surface area contributed by atoms with Gasteiger partial charge < -0.3 is 15.0 Å². The van der Waals surface area contributed by atoms with Crippen LogP contribution in [0.5, 0.6) is 0 Å². The van der Waals surface area contributed by atoms with Crippen LogP contribution in [0.1, 0.15) is 6.92 Å². The lowest BCUT2D eigenvalue weighted by Gasteiger charge is -2.09. The van der Waals surface area contributed by atoms with Crippen molar-refractivity contribution in [1.82, 2.24) is 15.6 Å². The van der Waals surface area contributed by atoms with Crippen molar-refractivity contribution in [2.24, 2.45) is 10.8 Å². The van der Waals surface area contributed by atoms with E-state index in [1.807, 2.05) is 21.0 Å². The van der Waals surface area contributed by atoms with Gasteiger partial charge in [0, 0.05) is 13.1 Å². The number of nitrogens with one attached hydrogen (secondary N) is 2. The van der Waals surface area contributed by atoms with Crippen LogP contribution in [0, 0.1) is 0 Å². The Kier molecular flexibility index (Phi) is 9.15. The summed E-state index contributed by atoms with van der Waals surface area (Å²) in [6.07, 6.45) is 0. The minimum atomic E-state index is 0.605. The Morgan fingerprint density at radius 3 is 2.67 bits per heavy atom. The number of guanidine groups is 1. The van der Waals surface area contributed by atoms with E-state index < -0.39 is 0 Å². The molecule has 0 saturated heterocycles. The number of aliphatic imine (C=N–C) groups is 1. The van der Waals surface area contributed by atoms with Gasteiger partial charge in [-0.15, -0.1) is 0 Å². The first-order valence-corrected chi connectivity index (χ1v) is 5.18. The Labute approximate surface area is 91.8 Å². The predicted octanol–water partition coefficient (Wildman–Crippen LogP) is -1.01. The third-order valence-electron chi connectivity index (χ3n) is 1.67. The van der Waals surface area contributed by atoms with Crippen molar-refractivity contribution in [2.45, 2.75) is 6.92 Å². The first-order valence-electron chi connectivity index (χ1n) is 5.18. The zero-order valence-corrected chi connectivity index (χ0v) is 9.92. The summed E-state index contributed by atoms with van der Waals surface area (Å²) in [5, 5.41) is 2.99. The number of nitrogens with two attached hydrogens (primary N) is 1. The molecule has 6 nitrogen and oxygen atoms in total. The van der Waals surface area contributed by atoms with Crippen molar-refractivity contribution >= 4 is 5.96 Å². The summed E-state index contributed by atoms with van der Waals surface area (Å²) in [6, 6.07) is 0. The molecule has 6 heteroatoms. The first-order chi connectivity index (χ1) is 7.20. The van der Waals surface area contributed by atoms with Crippen molar-refractivity contribution < 1.29 is 4.74 Å². The van der Waals surface area contributed by atoms with Gasteiger partial charge in [0.15, 0.2) is 0 Å². The number of hydrogen-bond donors (Lipinski definition) is 3. The van der Waals surface area contributed by atoms with Crippen LogP contribution in [0.25, 0.3) is 0 Å². The molecule has 0 aromatic heterocycles. The van der Waals surface area contributed by atoms with Crippen molar-refractivity contribution in [3.63, 3.8) is 0 Å². The third-order valence-corrected chi connectivity index (χ3v) is 1.67. The second-order valence-electron chi connectivity index (χ2n) is 3.32. The maximum atomic E-state index is 5.37. The van der Waals surface area contributed by atoms with Crippen molar-refractivity contribution in [3.05, 3.63) is 0 Å². The Morgan fingerprint density at radius 1 is 1.40 bits per heavy atom. The van der Waals surface area contributed by atoms with Gasteiger partial charge in [-0.1, -0.05) is 0 Å². The minimum absolute atomic E-state index is 0.605. The van der Waals surface area contributed by atoms with Crippen LogP contribution < -0.4 is 16.6 Å². The summed E-state index contributed by atoms with van der Waals surface area (Å²) >= 11 is 0. The standard InChI is InChI=1S/C9H23N5O/c1-4-11-9(13-10)12-5-7-15-8-6-14(2)3/h4-8,10H2,1-3H3,(H2,11,12,13). The van der Waals surface area contributed by atoms with Crippen LogP contribution >= 0.6 is 0 Å². The molecule has 0 bridgehead atoms. The number of rotatable bonds is 7. The van der Waals surface area contributed by atoms with E-state index in [2.05, 4.69) is 20.6 Å². The van der Waals surface area contributed by atoms with Crippen LogP contribution in [-0.4, -0.2) is 57.8 Å². The van der Waals surface area contributed by atoms with Gasteiger partial charge in [0.2, 0.25) is 5.96 Å². The highest BCUT2D eigenvalue weighted by Gasteiger charge is 1.93. The van der Waals surface area contributed by atoms with Gasteiger partial charge in [-0.05, 0) is 21.0 Å². The number of hydrazine groups is 1. The molecule has 90 valence electrons. The predicted molar refractivity (Wildman–Crippen MR) is 62.7 cm³/mol. The lowest BCUT2D eigenvalue weighted by molar-refractivity contribution is 0.124. The molecular formula is C9H23N5O. The lowest BCUT2D eigenvalue weighted by Crippen LogP contribution is -2.41. The molecule has 0 spiro atoms. The van der Waals surface area contributed by atoms with Crippen molar-refractivity contribution in [2.75, 3.05) is 46.9 Å². The first kappa shape index (κ1) is 14.2. The number of ether oxygens (including phenoxy) is 1. The van der Waals surface area contributed by atoms with Crippen LogP contribution in [0.4, 0.5) is 0 Å². The molecule has 0 aliphatic heterocycles. The van der Waals surface area contributed by atoms with Crippen LogP contribution in [-0.2, 0) is 4.74 Å². The third kappa shape index (κ3) is 9.45. The van der Waals surface area contributed by atoms with E-state index in [0.717, 1.165) is 19.7 Å². The number of nitrogens with zero attached hydrogens (tertiary/aromatic N) is 2. The summed E-state index contributed by atoms with van der Waals surface area (Å²) < 4.78 is 5.37. The van der Waals surface area contributed by atoms with E-state index in [-0.39, 0.29) is 0 Å². The average Bonchev–Trinajstić information content (AvgIpc) is 2.21. The van der Waals surface area contributed by atoms with Gasteiger partial charge in [-0.2, -0.15) is 0 Å². The summed E-state index contributed by atoms with van der Waals surface area (Å²) in [5.41, 5.74) is 2.49. The summed E-state index contributed by atoms with van der Waals surface area (Å²) in [7, 11) is 4.03. The summed E-state index contributed by atoms with van der Waals surface area (Å²) in [4.78, 5) is 6.26. The molecule has 15 heavy (non-hydrogen) atoms. The second-order valence-corrected chi connectivity index (χ2v) is 3.32. The normalized spacial score (nSPS) is 11.9. The van der Waals surface area contributed by atoms with E-state index in [1.54, 1.807) is 0 Å². The van der Waals surface area contributed by atoms with E-state index >= 15 is 0 Å². The molecule has 0 atom stereocenters. The molecule has 0 amide bonds. The molecule has 0 saturated carbocycles. The lowest BCUT2D eigenvalue weighted by atomic mass is 10.6. The zero-order chi connectivity index (χ0) is 11.5. The van der Waals surface area contributed by atoms with Gasteiger partial charge in [-0.3, -0.25) is 5.43 Å². The Morgan fingerprint density at radius 2 is 2.13 bits per heavy atom. The van der Waals surface area contributed by atoms with Gasteiger partial charge in [0.25, 0.3) is 0 Å². The quantitative estimate of drug-likeness (QED) is 0.168. The Balaban J connectivity index is 3.41. The molecule has 0 unspecified atom stereocenters. The largest absolute Gasteiger partial charge is 0.378 e. The number of likely N-dealkylation sites (N-methyl/N-ethyl adjacent to an activating group) is 1. The topological polar surface area (TPSA) is 74.9 Å². The van der Waals surface area contributed by atoms with Gasteiger partial charge in [0.1, 0.15) is 0 Å². The zero-order valence-electron chi connectivity index (χ0n) is 9.92. The van der Waals surface area contributed by atoms with Crippen molar-refractivity contribution in [3.8, 4) is 0 Å². The minimum Gasteiger partial charge on any atom is -0.378 e. The molecule has 0 aliphatic rings. The maximum absolute atomic E-state index is 5.37. The number of hydrogen-bond acceptors (Lipinski definition) is 4. The molecular weight excluding hydrogens is 194 g/mol.